The lowest BCUT2D eigenvalue weighted by atomic mass is 9.98. The highest BCUT2D eigenvalue weighted by Gasteiger charge is 2.33. The summed E-state index contributed by atoms with van der Waals surface area (Å²) in [5, 5.41) is 8.15. The van der Waals surface area contributed by atoms with E-state index in [-0.39, 0.29) is 25.4 Å². The van der Waals surface area contributed by atoms with Crippen molar-refractivity contribution in [2.45, 2.75) is 90.0 Å². The Morgan fingerprint density at radius 2 is 1.30 bits per heavy atom. The lowest BCUT2D eigenvalue weighted by Crippen LogP contribution is -2.53. The van der Waals surface area contributed by atoms with E-state index in [1.807, 2.05) is 48.5 Å². The van der Waals surface area contributed by atoms with Crippen molar-refractivity contribution < 1.29 is 38.2 Å². The van der Waals surface area contributed by atoms with Crippen LogP contribution in [0.3, 0.4) is 0 Å². The predicted molar refractivity (Wildman–Crippen MR) is 190 cm³/mol. The first-order valence-electron chi connectivity index (χ1n) is 16.4. The number of alkyl carbamates (subject to hydrolysis) is 1. The maximum Gasteiger partial charge on any atom is 0.407 e. The lowest BCUT2D eigenvalue weighted by Gasteiger charge is -2.25. The Balaban J connectivity index is 1.51. The summed E-state index contributed by atoms with van der Waals surface area (Å²) in [4.78, 5) is 65.9. The van der Waals surface area contributed by atoms with E-state index in [1.165, 1.54) is 6.07 Å². The zero-order valence-electron chi connectivity index (χ0n) is 29.1. The molecule has 0 unspecified atom stereocenters. The summed E-state index contributed by atoms with van der Waals surface area (Å²) in [7, 11) is 0. The van der Waals surface area contributed by atoms with Crippen LogP contribution in [-0.2, 0) is 33.4 Å². The number of hydrogen-bond acceptors (Lipinski definition) is 8. The van der Waals surface area contributed by atoms with E-state index < -0.39 is 59.6 Å². The van der Waals surface area contributed by atoms with Crippen molar-refractivity contribution in [3.8, 4) is 11.1 Å². The minimum absolute atomic E-state index is 0.0266. The van der Waals surface area contributed by atoms with E-state index in [4.69, 9.17) is 25.8 Å². The van der Waals surface area contributed by atoms with Crippen LogP contribution in [0.15, 0.2) is 72.8 Å². The van der Waals surface area contributed by atoms with Crippen LogP contribution >= 0.6 is 11.6 Å². The molecular weight excluding hydrogens is 662 g/mol. The second-order valence-electron chi connectivity index (χ2n) is 14.0. The first-order valence-corrected chi connectivity index (χ1v) is 16.8. The molecule has 0 heterocycles. The molecule has 0 aromatic heterocycles. The van der Waals surface area contributed by atoms with Gasteiger partial charge < -0.3 is 30.2 Å². The van der Waals surface area contributed by atoms with Gasteiger partial charge in [-0.05, 0) is 88.4 Å². The largest absolute Gasteiger partial charge is 0.460 e. The SMILES string of the molecule is CC(C)(C)OC(=O)CC[C@H](NC(=O)[C@H](CC(=O)OC(C)(C)C)NC(=O)OCC1c2ccccc2-c2ccccc21)C(=O)Nc1cccc(Cl)c1. The van der Waals surface area contributed by atoms with Crippen LogP contribution in [0.4, 0.5) is 10.5 Å². The number of carbonyl (C=O) groups excluding carboxylic acids is 5. The molecule has 0 saturated carbocycles. The molecule has 0 fully saturated rings. The molecule has 3 N–H and O–H groups in total. The molecule has 3 aromatic rings. The highest BCUT2D eigenvalue weighted by atomic mass is 35.5. The smallest absolute Gasteiger partial charge is 0.407 e. The Labute approximate surface area is 297 Å². The number of rotatable bonds is 12. The highest BCUT2D eigenvalue weighted by Crippen LogP contribution is 2.44. The number of benzene rings is 3. The van der Waals surface area contributed by atoms with Gasteiger partial charge in [0, 0.05) is 23.0 Å². The predicted octanol–water partition coefficient (Wildman–Crippen LogP) is 6.52. The van der Waals surface area contributed by atoms with Gasteiger partial charge in [-0.2, -0.15) is 0 Å². The average Bonchev–Trinajstić information content (AvgIpc) is 3.33. The molecule has 12 heteroatoms. The number of ether oxygens (including phenoxy) is 3. The van der Waals surface area contributed by atoms with Crippen LogP contribution in [0.1, 0.15) is 77.8 Å². The van der Waals surface area contributed by atoms with Crippen molar-refractivity contribution in [2.75, 3.05) is 11.9 Å². The summed E-state index contributed by atoms with van der Waals surface area (Å²) in [6.45, 7) is 10.1. The molecule has 266 valence electrons. The Bertz CT molecular complexity index is 1680. The average molecular weight is 706 g/mol. The summed E-state index contributed by atoms with van der Waals surface area (Å²) in [5.41, 5.74) is 2.84. The third kappa shape index (κ3) is 11.1. The van der Waals surface area contributed by atoms with Gasteiger partial charge in [0.15, 0.2) is 0 Å². The van der Waals surface area contributed by atoms with Gasteiger partial charge in [0.2, 0.25) is 11.8 Å². The summed E-state index contributed by atoms with van der Waals surface area (Å²) in [6.07, 6.45) is -1.84. The molecule has 0 bridgehead atoms. The molecule has 3 amide bonds. The second kappa shape index (κ2) is 16.2. The van der Waals surface area contributed by atoms with Crippen molar-refractivity contribution in [2.24, 2.45) is 0 Å². The maximum absolute atomic E-state index is 13.8. The normalized spacial score (nSPS) is 13.6. The number of carbonyl (C=O) groups is 5. The molecule has 50 heavy (non-hydrogen) atoms. The third-order valence-electron chi connectivity index (χ3n) is 7.53. The number of anilines is 1. The van der Waals surface area contributed by atoms with E-state index in [9.17, 15) is 24.0 Å². The van der Waals surface area contributed by atoms with E-state index in [1.54, 1.807) is 59.7 Å². The minimum atomic E-state index is -1.48. The zero-order chi connectivity index (χ0) is 36.6. The molecule has 11 nitrogen and oxygen atoms in total. The fraction of sp³-hybridized carbons (Fsp3) is 0.395. The van der Waals surface area contributed by atoms with Crippen LogP contribution in [0, 0.1) is 0 Å². The molecule has 2 atom stereocenters. The molecule has 1 aliphatic carbocycles. The van der Waals surface area contributed by atoms with Gasteiger partial charge in [0.1, 0.15) is 29.9 Å². The zero-order valence-corrected chi connectivity index (χ0v) is 29.9. The van der Waals surface area contributed by atoms with Gasteiger partial charge in [-0.1, -0.05) is 66.2 Å². The number of fused-ring (bicyclic) bond motifs is 3. The second-order valence-corrected chi connectivity index (χ2v) is 14.4. The highest BCUT2D eigenvalue weighted by molar-refractivity contribution is 6.30. The van der Waals surface area contributed by atoms with Gasteiger partial charge in [-0.15, -0.1) is 0 Å². The molecule has 0 saturated heterocycles. The van der Waals surface area contributed by atoms with Crippen LogP contribution in [0.25, 0.3) is 11.1 Å². The van der Waals surface area contributed by atoms with E-state index in [0.29, 0.717) is 10.7 Å². The Kier molecular flexibility index (Phi) is 12.3. The van der Waals surface area contributed by atoms with E-state index in [2.05, 4.69) is 16.0 Å². The van der Waals surface area contributed by atoms with Gasteiger partial charge in [0.25, 0.3) is 0 Å². The molecule has 0 aliphatic heterocycles. The standard InChI is InChI=1S/C38H44ClN3O8/c1-37(2,3)49-32(43)19-18-30(34(45)40-24-13-11-12-23(39)20-24)41-35(46)31(21-33(44)50-38(4,5)6)42-36(47)48-22-29-27-16-9-7-14-25(27)26-15-8-10-17-28(26)29/h7-17,20,29-31H,18-19,21-22H2,1-6H3,(H,40,45)(H,41,46)(H,42,47)/t30-,31-/m0/s1. The molecule has 0 radical (unpaired) electrons. The van der Waals surface area contributed by atoms with Gasteiger partial charge in [0.05, 0.1) is 6.42 Å². The number of nitrogens with one attached hydrogen (secondary N) is 3. The van der Waals surface area contributed by atoms with E-state index in [0.717, 1.165) is 22.3 Å². The number of amides is 3. The monoisotopic (exact) mass is 705 g/mol. The Morgan fingerprint density at radius 1 is 0.720 bits per heavy atom. The number of esters is 2. The summed E-state index contributed by atoms with van der Waals surface area (Å²) in [5.74, 6) is -3.08. The minimum Gasteiger partial charge on any atom is -0.460 e. The molecule has 3 aromatic carbocycles. The molecule has 1 aliphatic rings. The maximum atomic E-state index is 13.8. The van der Waals surface area contributed by atoms with Gasteiger partial charge >= 0.3 is 18.0 Å². The lowest BCUT2D eigenvalue weighted by molar-refractivity contribution is -0.156. The Hall–Kier alpha value is -4.90. The fourth-order valence-electron chi connectivity index (χ4n) is 5.53. The van der Waals surface area contributed by atoms with Crippen LogP contribution in [0.5, 0.6) is 0 Å². The van der Waals surface area contributed by atoms with Crippen LogP contribution in [-0.4, -0.2) is 59.7 Å². The van der Waals surface area contributed by atoms with Crippen molar-refractivity contribution >= 4 is 47.1 Å². The van der Waals surface area contributed by atoms with Crippen molar-refractivity contribution in [3.63, 3.8) is 0 Å². The summed E-state index contributed by atoms with van der Waals surface area (Å²) in [6, 6.07) is 19.4. The Morgan fingerprint density at radius 3 is 1.88 bits per heavy atom. The first kappa shape index (κ1) is 37.9. The van der Waals surface area contributed by atoms with Gasteiger partial charge in [-0.3, -0.25) is 19.2 Å². The van der Waals surface area contributed by atoms with Crippen molar-refractivity contribution in [3.05, 3.63) is 88.9 Å². The molecule has 4 rings (SSSR count). The summed E-state index contributed by atoms with van der Waals surface area (Å²) < 4.78 is 16.4. The molecular formula is C38H44ClN3O8. The number of halogens is 1. The van der Waals surface area contributed by atoms with Crippen LogP contribution in [0.2, 0.25) is 5.02 Å². The summed E-state index contributed by atoms with van der Waals surface area (Å²) >= 11 is 6.08. The third-order valence-corrected chi connectivity index (χ3v) is 7.76. The van der Waals surface area contributed by atoms with Crippen molar-refractivity contribution in [1.82, 2.24) is 10.6 Å². The molecule has 0 spiro atoms. The van der Waals surface area contributed by atoms with E-state index >= 15 is 0 Å². The quantitative estimate of drug-likeness (QED) is 0.142. The topological polar surface area (TPSA) is 149 Å². The first-order chi connectivity index (χ1) is 23.5. The fourth-order valence-corrected chi connectivity index (χ4v) is 5.72. The van der Waals surface area contributed by atoms with Crippen molar-refractivity contribution in [1.29, 1.82) is 0 Å². The van der Waals surface area contributed by atoms with Crippen LogP contribution < -0.4 is 16.0 Å². The number of hydrogen-bond donors (Lipinski definition) is 3. The van der Waals surface area contributed by atoms with Gasteiger partial charge in [-0.25, -0.2) is 4.79 Å².